The molecule has 94 valence electrons. The summed E-state index contributed by atoms with van der Waals surface area (Å²) in [7, 11) is 1.82. The van der Waals surface area contributed by atoms with Crippen LogP contribution in [0.25, 0.3) is 0 Å². The van der Waals surface area contributed by atoms with Crippen LogP contribution in [0.1, 0.15) is 30.3 Å². The third-order valence-corrected chi connectivity index (χ3v) is 3.42. The van der Waals surface area contributed by atoms with Crippen molar-refractivity contribution in [3.05, 3.63) is 18.0 Å². The maximum Gasteiger partial charge on any atom is 0.274 e. The molecule has 2 unspecified atom stereocenters. The third kappa shape index (κ3) is 2.66. The van der Waals surface area contributed by atoms with Gasteiger partial charge in [-0.2, -0.15) is 5.10 Å². The van der Waals surface area contributed by atoms with E-state index in [4.69, 9.17) is 5.73 Å². The third-order valence-electron chi connectivity index (χ3n) is 3.42. The van der Waals surface area contributed by atoms with Gasteiger partial charge in [-0.1, -0.05) is 0 Å². The number of likely N-dealkylation sites (tertiary alicyclic amines) is 1. The molecule has 1 aromatic rings. The Kier molecular flexibility index (Phi) is 3.47. The summed E-state index contributed by atoms with van der Waals surface area (Å²) in [5.41, 5.74) is 6.44. The van der Waals surface area contributed by atoms with Crippen molar-refractivity contribution in [3.8, 4) is 0 Å². The summed E-state index contributed by atoms with van der Waals surface area (Å²) >= 11 is 0. The molecular formula is C12H20N4O. The molecule has 5 heteroatoms. The van der Waals surface area contributed by atoms with Gasteiger partial charge in [0.2, 0.25) is 0 Å². The minimum absolute atomic E-state index is 0.0240. The fourth-order valence-corrected chi connectivity index (χ4v) is 2.31. The average molecular weight is 236 g/mol. The quantitative estimate of drug-likeness (QED) is 0.818. The van der Waals surface area contributed by atoms with E-state index in [0.29, 0.717) is 11.6 Å². The van der Waals surface area contributed by atoms with Crippen molar-refractivity contribution in [3.63, 3.8) is 0 Å². The zero-order valence-corrected chi connectivity index (χ0v) is 10.5. The van der Waals surface area contributed by atoms with Gasteiger partial charge in [0.1, 0.15) is 5.69 Å². The molecule has 5 nitrogen and oxygen atoms in total. The highest BCUT2D eigenvalue weighted by Crippen LogP contribution is 2.20. The van der Waals surface area contributed by atoms with Crippen molar-refractivity contribution in [2.45, 2.75) is 25.8 Å². The lowest BCUT2D eigenvalue weighted by Gasteiger charge is -2.34. The van der Waals surface area contributed by atoms with E-state index in [1.165, 1.54) is 0 Å². The number of aromatic nitrogens is 2. The van der Waals surface area contributed by atoms with Crippen molar-refractivity contribution in [2.75, 3.05) is 13.1 Å². The molecule has 2 heterocycles. The molecule has 2 N–H and O–H groups in total. The van der Waals surface area contributed by atoms with Crippen molar-refractivity contribution in [2.24, 2.45) is 18.7 Å². The van der Waals surface area contributed by atoms with Gasteiger partial charge >= 0.3 is 0 Å². The Bertz CT molecular complexity index is 399. The fraction of sp³-hybridized carbons (Fsp3) is 0.667. The van der Waals surface area contributed by atoms with E-state index in [2.05, 4.69) is 5.10 Å². The van der Waals surface area contributed by atoms with Gasteiger partial charge in [0.15, 0.2) is 0 Å². The Balaban J connectivity index is 2.04. The largest absolute Gasteiger partial charge is 0.337 e. The molecule has 17 heavy (non-hydrogen) atoms. The van der Waals surface area contributed by atoms with Gasteiger partial charge in [-0.15, -0.1) is 0 Å². The van der Waals surface area contributed by atoms with Gasteiger partial charge in [0.25, 0.3) is 5.91 Å². The number of aryl methyl sites for hydroxylation is 1. The van der Waals surface area contributed by atoms with E-state index in [1.54, 1.807) is 16.9 Å². The number of carbonyl (C=O) groups excluding carboxylic acids is 1. The van der Waals surface area contributed by atoms with E-state index in [9.17, 15) is 4.79 Å². The van der Waals surface area contributed by atoms with Gasteiger partial charge in [0.05, 0.1) is 0 Å². The second-order valence-corrected chi connectivity index (χ2v) is 4.89. The average Bonchev–Trinajstić information content (AvgIpc) is 2.75. The lowest BCUT2D eigenvalue weighted by atomic mass is 9.92. The number of carbonyl (C=O) groups is 1. The first-order chi connectivity index (χ1) is 8.08. The number of hydrogen-bond acceptors (Lipinski definition) is 3. The second-order valence-electron chi connectivity index (χ2n) is 4.89. The molecule has 0 aliphatic carbocycles. The van der Waals surface area contributed by atoms with Crippen LogP contribution < -0.4 is 5.73 Å². The van der Waals surface area contributed by atoms with E-state index in [1.807, 2.05) is 18.9 Å². The first kappa shape index (κ1) is 12.1. The summed E-state index contributed by atoms with van der Waals surface area (Å²) in [4.78, 5) is 14.1. The number of nitrogens with zero attached hydrogens (tertiary/aromatic N) is 3. The summed E-state index contributed by atoms with van der Waals surface area (Å²) in [6.07, 6.45) is 3.94. The van der Waals surface area contributed by atoms with E-state index < -0.39 is 0 Å². The van der Waals surface area contributed by atoms with Gasteiger partial charge < -0.3 is 10.6 Å². The Labute approximate surface area is 102 Å². The van der Waals surface area contributed by atoms with Crippen LogP contribution in [0, 0.1) is 5.92 Å². The molecule has 1 amide bonds. The molecule has 0 aromatic carbocycles. The maximum absolute atomic E-state index is 12.2. The van der Waals surface area contributed by atoms with Crippen LogP contribution >= 0.6 is 0 Å². The maximum atomic E-state index is 12.2. The monoisotopic (exact) mass is 236 g/mol. The molecule has 2 rings (SSSR count). The summed E-state index contributed by atoms with van der Waals surface area (Å²) in [5.74, 6) is 0.437. The van der Waals surface area contributed by atoms with Gasteiger partial charge in [-0.05, 0) is 31.7 Å². The summed E-state index contributed by atoms with van der Waals surface area (Å²) in [6, 6.07) is 1.91. The molecule has 0 bridgehead atoms. The minimum atomic E-state index is 0.0240. The Morgan fingerprint density at radius 1 is 1.65 bits per heavy atom. The number of hydrogen-bond donors (Lipinski definition) is 1. The van der Waals surface area contributed by atoms with E-state index in [0.717, 1.165) is 25.9 Å². The van der Waals surface area contributed by atoms with Gasteiger partial charge in [0, 0.05) is 32.4 Å². The standard InChI is InChI=1S/C12H20N4O/c1-9(13)10-4-3-6-16(8-10)12(17)11-5-7-15(2)14-11/h5,7,9-10H,3-4,6,8,13H2,1-2H3. The predicted molar refractivity (Wildman–Crippen MR) is 65.5 cm³/mol. The van der Waals surface area contributed by atoms with Crippen LogP contribution in [0.15, 0.2) is 12.3 Å². The predicted octanol–water partition coefficient (Wildman–Crippen LogP) is 0.619. The zero-order chi connectivity index (χ0) is 12.4. The Morgan fingerprint density at radius 2 is 2.41 bits per heavy atom. The summed E-state index contributed by atoms with van der Waals surface area (Å²) < 4.78 is 1.65. The molecule has 1 saturated heterocycles. The normalized spacial score (nSPS) is 22.5. The molecule has 0 spiro atoms. The van der Waals surface area contributed by atoms with Gasteiger partial charge in [-0.25, -0.2) is 0 Å². The SMILES string of the molecule is CC(N)C1CCCN(C(=O)c2ccn(C)n2)C1. The molecule has 0 radical (unpaired) electrons. The van der Waals surface area contributed by atoms with Crippen LogP contribution in [0.4, 0.5) is 0 Å². The number of piperidine rings is 1. The molecule has 0 saturated carbocycles. The van der Waals surface area contributed by atoms with Crippen molar-refractivity contribution < 1.29 is 4.79 Å². The Hall–Kier alpha value is -1.36. The highest BCUT2D eigenvalue weighted by molar-refractivity contribution is 5.92. The molecule has 1 fully saturated rings. The first-order valence-corrected chi connectivity index (χ1v) is 6.12. The molecule has 1 aliphatic heterocycles. The van der Waals surface area contributed by atoms with Crippen LogP contribution in [0.5, 0.6) is 0 Å². The smallest absolute Gasteiger partial charge is 0.274 e. The Morgan fingerprint density at radius 3 is 3.00 bits per heavy atom. The van der Waals surface area contributed by atoms with Crippen LogP contribution in [0.3, 0.4) is 0 Å². The molecule has 2 atom stereocenters. The van der Waals surface area contributed by atoms with Crippen molar-refractivity contribution >= 4 is 5.91 Å². The number of nitrogens with two attached hydrogens (primary N) is 1. The second kappa shape index (κ2) is 4.87. The highest BCUT2D eigenvalue weighted by atomic mass is 16.2. The first-order valence-electron chi connectivity index (χ1n) is 6.12. The molecule has 1 aliphatic rings. The summed E-state index contributed by atoms with van der Waals surface area (Å²) in [5, 5.41) is 4.15. The minimum Gasteiger partial charge on any atom is -0.337 e. The zero-order valence-electron chi connectivity index (χ0n) is 10.5. The molecular weight excluding hydrogens is 216 g/mol. The van der Waals surface area contributed by atoms with Gasteiger partial charge in [-0.3, -0.25) is 9.48 Å². The number of amides is 1. The van der Waals surface area contributed by atoms with Crippen molar-refractivity contribution in [1.82, 2.24) is 14.7 Å². The van der Waals surface area contributed by atoms with E-state index in [-0.39, 0.29) is 11.9 Å². The topological polar surface area (TPSA) is 64.2 Å². The van der Waals surface area contributed by atoms with Crippen LogP contribution in [0.2, 0.25) is 0 Å². The van der Waals surface area contributed by atoms with E-state index >= 15 is 0 Å². The fourth-order valence-electron chi connectivity index (χ4n) is 2.31. The summed E-state index contributed by atoms with van der Waals surface area (Å²) in [6.45, 7) is 3.59. The van der Waals surface area contributed by atoms with Crippen LogP contribution in [-0.2, 0) is 7.05 Å². The highest BCUT2D eigenvalue weighted by Gasteiger charge is 2.27. The lowest BCUT2D eigenvalue weighted by molar-refractivity contribution is 0.0654. The van der Waals surface area contributed by atoms with Crippen molar-refractivity contribution in [1.29, 1.82) is 0 Å². The van der Waals surface area contributed by atoms with Crippen LogP contribution in [-0.4, -0.2) is 39.7 Å². The lowest BCUT2D eigenvalue weighted by Crippen LogP contribution is -2.45. The molecule has 1 aromatic heterocycles. The number of rotatable bonds is 2.